The molecule has 2 rings (SSSR count). The Morgan fingerprint density at radius 2 is 2.24 bits per heavy atom. The van der Waals surface area contributed by atoms with Crippen molar-refractivity contribution in [1.82, 2.24) is 4.90 Å². The molecule has 1 aliphatic rings. The lowest BCUT2D eigenvalue weighted by Gasteiger charge is -2.37. The van der Waals surface area contributed by atoms with Crippen molar-refractivity contribution in [2.45, 2.75) is 32.2 Å². The second kappa shape index (κ2) is 5.54. The molecule has 0 aromatic heterocycles. The number of hydrogen-bond acceptors (Lipinski definition) is 1. The third kappa shape index (κ3) is 2.81. The molecule has 0 saturated heterocycles. The Kier molecular flexibility index (Phi) is 4.06. The van der Waals surface area contributed by atoms with Crippen LogP contribution in [-0.4, -0.2) is 29.3 Å². The minimum Gasteiger partial charge on any atom is -0.334 e. The Balaban J connectivity index is 2.15. The predicted octanol–water partition coefficient (Wildman–Crippen LogP) is 3.23. The molecular formula is C14H18ClNO. The molecule has 0 unspecified atom stereocenters. The van der Waals surface area contributed by atoms with Gasteiger partial charge in [-0.15, -0.1) is 11.6 Å². The van der Waals surface area contributed by atoms with E-state index in [0.717, 1.165) is 24.0 Å². The summed E-state index contributed by atoms with van der Waals surface area (Å²) in [7, 11) is 0. The Morgan fingerprint density at radius 3 is 2.76 bits per heavy atom. The third-order valence-corrected chi connectivity index (χ3v) is 3.54. The first-order valence-electron chi connectivity index (χ1n) is 6.16. The maximum atomic E-state index is 12.4. The van der Waals surface area contributed by atoms with E-state index in [1.165, 1.54) is 6.42 Å². The molecule has 0 atom stereocenters. The van der Waals surface area contributed by atoms with Gasteiger partial charge in [-0.3, -0.25) is 4.79 Å². The maximum absolute atomic E-state index is 12.4. The van der Waals surface area contributed by atoms with Gasteiger partial charge in [0.05, 0.1) is 0 Å². The van der Waals surface area contributed by atoms with Crippen LogP contribution in [0.3, 0.4) is 0 Å². The lowest BCUT2D eigenvalue weighted by molar-refractivity contribution is 0.0598. The lowest BCUT2D eigenvalue weighted by Crippen LogP contribution is -2.45. The highest BCUT2D eigenvalue weighted by atomic mass is 35.5. The zero-order valence-corrected chi connectivity index (χ0v) is 10.9. The first kappa shape index (κ1) is 12.4. The van der Waals surface area contributed by atoms with E-state index in [9.17, 15) is 4.79 Å². The van der Waals surface area contributed by atoms with E-state index in [0.29, 0.717) is 18.5 Å². The monoisotopic (exact) mass is 251 g/mol. The van der Waals surface area contributed by atoms with Gasteiger partial charge in [0.25, 0.3) is 5.91 Å². The highest BCUT2D eigenvalue weighted by Gasteiger charge is 2.28. The van der Waals surface area contributed by atoms with Crippen LogP contribution in [-0.2, 0) is 0 Å². The molecule has 92 valence electrons. The number of nitrogens with zero attached hydrogens (tertiary/aromatic N) is 1. The molecule has 0 spiro atoms. The molecule has 1 aliphatic carbocycles. The molecule has 0 bridgehead atoms. The quantitative estimate of drug-likeness (QED) is 0.753. The van der Waals surface area contributed by atoms with Gasteiger partial charge in [0.2, 0.25) is 0 Å². The summed E-state index contributed by atoms with van der Waals surface area (Å²) in [6.45, 7) is 2.66. The van der Waals surface area contributed by atoms with Gasteiger partial charge in [0, 0.05) is 24.0 Å². The minimum atomic E-state index is 0.124. The number of alkyl halides is 1. The number of rotatable bonds is 4. The summed E-state index contributed by atoms with van der Waals surface area (Å²) < 4.78 is 0. The van der Waals surface area contributed by atoms with Crippen LogP contribution in [0.5, 0.6) is 0 Å². The Hall–Kier alpha value is -1.02. The largest absolute Gasteiger partial charge is 0.334 e. The van der Waals surface area contributed by atoms with Gasteiger partial charge in [-0.25, -0.2) is 0 Å². The van der Waals surface area contributed by atoms with Crippen LogP contribution < -0.4 is 0 Å². The summed E-state index contributed by atoms with van der Waals surface area (Å²) in [5.74, 6) is 0.632. The Labute approximate surface area is 108 Å². The zero-order chi connectivity index (χ0) is 12.3. The van der Waals surface area contributed by atoms with E-state index in [4.69, 9.17) is 11.6 Å². The van der Waals surface area contributed by atoms with Crippen molar-refractivity contribution in [2.75, 3.05) is 12.4 Å². The van der Waals surface area contributed by atoms with Crippen LogP contribution in [0.25, 0.3) is 0 Å². The van der Waals surface area contributed by atoms with Gasteiger partial charge in [0.15, 0.2) is 0 Å². The zero-order valence-electron chi connectivity index (χ0n) is 10.2. The van der Waals surface area contributed by atoms with Crippen LogP contribution in [0.1, 0.15) is 35.2 Å². The van der Waals surface area contributed by atoms with Crippen molar-refractivity contribution in [3.8, 4) is 0 Å². The minimum absolute atomic E-state index is 0.124. The first-order chi connectivity index (χ1) is 8.22. The van der Waals surface area contributed by atoms with Crippen LogP contribution in [0.2, 0.25) is 0 Å². The van der Waals surface area contributed by atoms with Gasteiger partial charge in [-0.2, -0.15) is 0 Å². The van der Waals surface area contributed by atoms with Crippen LogP contribution in [0.4, 0.5) is 0 Å². The molecule has 0 N–H and O–H groups in total. The maximum Gasteiger partial charge on any atom is 0.254 e. The molecular weight excluding hydrogens is 234 g/mol. The fourth-order valence-electron chi connectivity index (χ4n) is 2.18. The van der Waals surface area contributed by atoms with Crippen molar-refractivity contribution >= 4 is 17.5 Å². The van der Waals surface area contributed by atoms with Crippen LogP contribution in [0.15, 0.2) is 24.3 Å². The van der Waals surface area contributed by atoms with Crippen LogP contribution >= 0.6 is 11.6 Å². The van der Waals surface area contributed by atoms with Crippen LogP contribution in [0, 0.1) is 6.92 Å². The molecule has 17 heavy (non-hydrogen) atoms. The summed E-state index contributed by atoms with van der Waals surface area (Å²) in [6.07, 6.45) is 3.47. The summed E-state index contributed by atoms with van der Waals surface area (Å²) >= 11 is 5.79. The molecule has 1 saturated carbocycles. The number of aryl methyl sites for hydroxylation is 1. The number of benzene rings is 1. The molecule has 2 nitrogen and oxygen atoms in total. The van der Waals surface area contributed by atoms with E-state index in [-0.39, 0.29) is 5.91 Å². The average molecular weight is 252 g/mol. The Bertz CT molecular complexity index is 401. The summed E-state index contributed by atoms with van der Waals surface area (Å²) in [6, 6.07) is 8.17. The van der Waals surface area contributed by atoms with E-state index in [1.807, 2.05) is 36.1 Å². The number of halogens is 1. The van der Waals surface area contributed by atoms with Crippen molar-refractivity contribution < 1.29 is 4.79 Å². The van der Waals surface area contributed by atoms with Crippen molar-refractivity contribution in [3.63, 3.8) is 0 Å². The second-order valence-corrected chi connectivity index (χ2v) is 5.02. The topological polar surface area (TPSA) is 20.3 Å². The number of carbonyl (C=O) groups excluding carboxylic acids is 1. The predicted molar refractivity (Wildman–Crippen MR) is 70.6 cm³/mol. The number of hydrogen-bond donors (Lipinski definition) is 0. The molecule has 0 aliphatic heterocycles. The summed E-state index contributed by atoms with van der Waals surface area (Å²) in [4.78, 5) is 14.3. The SMILES string of the molecule is Cc1cccc(C(=O)N(CCCl)C2CCC2)c1. The van der Waals surface area contributed by atoms with Gasteiger partial charge >= 0.3 is 0 Å². The first-order valence-corrected chi connectivity index (χ1v) is 6.69. The normalized spacial score (nSPS) is 15.4. The fourth-order valence-corrected chi connectivity index (χ4v) is 2.37. The van der Waals surface area contributed by atoms with Crippen molar-refractivity contribution in [3.05, 3.63) is 35.4 Å². The molecule has 0 heterocycles. The molecule has 0 radical (unpaired) electrons. The van der Waals surface area contributed by atoms with E-state index in [2.05, 4.69) is 0 Å². The average Bonchev–Trinajstić information content (AvgIpc) is 2.25. The molecule has 1 aromatic rings. The van der Waals surface area contributed by atoms with Gasteiger partial charge in [-0.1, -0.05) is 17.7 Å². The number of amides is 1. The van der Waals surface area contributed by atoms with Gasteiger partial charge in [-0.05, 0) is 38.3 Å². The van der Waals surface area contributed by atoms with Gasteiger partial charge < -0.3 is 4.90 Å². The molecule has 1 aromatic carbocycles. The highest BCUT2D eigenvalue weighted by Crippen LogP contribution is 2.26. The molecule has 3 heteroatoms. The smallest absolute Gasteiger partial charge is 0.254 e. The van der Waals surface area contributed by atoms with Crippen molar-refractivity contribution in [1.29, 1.82) is 0 Å². The molecule has 1 amide bonds. The molecule has 1 fully saturated rings. The standard InChI is InChI=1S/C14H18ClNO/c1-11-4-2-5-12(10-11)14(17)16(9-8-15)13-6-3-7-13/h2,4-5,10,13H,3,6-9H2,1H3. The van der Waals surface area contributed by atoms with Crippen molar-refractivity contribution in [2.24, 2.45) is 0 Å². The van der Waals surface area contributed by atoms with E-state index in [1.54, 1.807) is 0 Å². The van der Waals surface area contributed by atoms with Gasteiger partial charge in [0.1, 0.15) is 0 Å². The van der Waals surface area contributed by atoms with E-state index >= 15 is 0 Å². The van der Waals surface area contributed by atoms with E-state index < -0.39 is 0 Å². The summed E-state index contributed by atoms with van der Waals surface area (Å²) in [5.41, 5.74) is 1.90. The number of carbonyl (C=O) groups is 1. The highest BCUT2D eigenvalue weighted by molar-refractivity contribution is 6.18. The third-order valence-electron chi connectivity index (χ3n) is 3.37. The second-order valence-electron chi connectivity index (χ2n) is 4.64. The lowest BCUT2D eigenvalue weighted by atomic mass is 9.91. The Morgan fingerprint density at radius 1 is 1.47 bits per heavy atom. The summed E-state index contributed by atoms with van der Waals surface area (Å²) in [5, 5.41) is 0. The fraction of sp³-hybridized carbons (Fsp3) is 0.500.